The zero-order valence-corrected chi connectivity index (χ0v) is 15.1. The lowest BCUT2D eigenvalue weighted by atomic mass is 10.1. The smallest absolute Gasteiger partial charge is 0.254 e. The molecule has 2 N–H and O–H groups in total. The summed E-state index contributed by atoms with van der Waals surface area (Å²) in [5, 5.41) is 0. The van der Waals surface area contributed by atoms with E-state index in [1.54, 1.807) is 13.3 Å². The van der Waals surface area contributed by atoms with Crippen LogP contribution in [-0.2, 0) is 22.5 Å². The van der Waals surface area contributed by atoms with Crippen LogP contribution in [-0.4, -0.2) is 48.7 Å². The lowest BCUT2D eigenvalue weighted by Crippen LogP contribution is -2.45. The number of hydrogen-bond acceptors (Lipinski definition) is 5. The number of pyridine rings is 1. The van der Waals surface area contributed by atoms with Crippen LogP contribution < -0.4 is 5.73 Å². The quantitative estimate of drug-likeness (QED) is 0.860. The fourth-order valence-corrected chi connectivity index (χ4v) is 3.15. The molecule has 6 nitrogen and oxygen atoms in total. The molecular formula is C20H25N3O3. The standard InChI is InChI=1S/C20H25N3O3/c1-25-14-16-2-5-17(6-3-16)20(24)23-10-11-26-18(13-23)7-4-15-8-9-22-19(21)12-15/h2-3,5-6,8-9,12,18H,4,7,10-11,13-14H2,1H3,(H2,21,22)/t18-/m0/s1. The number of carbonyl (C=O) groups excluding carboxylic acids is 1. The van der Waals surface area contributed by atoms with E-state index in [-0.39, 0.29) is 12.0 Å². The molecule has 1 aliphatic heterocycles. The van der Waals surface area contributed by atoms with Gasteiger partial charge in [-0.2, -0.15) is 0 Å². The predicted molar refractivity (Wildman–Crippen MR) is 99.8 cm³/mol. The van der Waals surface area contributed by atoms with Crippen molar-refractivity contribution in [3.05, 3.63) is 59.3 Å². The molecule has 1 aliphatic rings. The SMILES string of the molecule is COCc1ccc(C(=O)N2CCO[C@@H](CCc3ccnc(N)c3)C2)cc1. The van der Waals surface area contributed by atoms with Crippen LogP contribution in [0.5, 0.6) is 0 Å². The first kappa shape index (κ1) is 18.4. The van der Waals surface area contributed by atoms with Gasteiger partial charge in [-0.15, -0.1) is 0 Å². The Balaban J connectivity index is 1.56. The Morgan fingerprint density at radius 3 is 2.85 bits per heavy atom. The Labute approximate surface area is 153 Å². The van der Waals surface area contributed by atoms with Crippen LogP contribution in [0.2, 0.25) is 0 Å². The Hall–Kier alpha value is -2.44. The summed E-state index contributed by atoms with van der Waals surface area (Å²) in [7, 11) is 1.66. The van der Waals surface area contributed by atoms with Crippen molar-refractivity contribution in [3.63, 3.8) is 0 Å². The molecule has 1 aromatic heterocycles. The number of benzene rings is 1. The highest BCUT2D eigenvalue weighted by Crippen LogP contribution is 2.16. The maximum absolute atomic E-state index is 12.7. The van der Waals surface area contributed by atoms with Crippen LogP contribution in [0.3, 0.4) is 0 Å². The highest BCUT2D eigenvalue weighted by molar-refractivity contribution is 5.94. The molecule has 1 aromatic carbocycles. The van der Waals surface area contributed by atoms with E-state index >= 15 is 0 Å². The van der Waals surface area contributed by atoms with Crippen molar-refractivity contribution >= 4 is 11.7 Å². The van der Waals surface area contributed by atoms with Gasteiger partial charge in [0.05, 0.1) is 19.3 Å². The number of ether oxygens (including phenoxy) is 2. The second kappa shape index (κ2) is 8.78. The van der Waals surface area contributed by atoms with Gasteiger partial charge in [0.2, 0.25) is 0 Å². The van der Waals surface area contributed by atoms with E-state index in [2.05, 4.69) is 4.98 Å². The normalized spacial score (nSPS) is 17.3. The van der Waals surface area contributed by atoms with Crippen LogP contribution in [0.4, 0.5) is 5.82 Å². The first-order valence-electron chi connectivity index (χ1n) is 8.85. The topological polar surface area (TPSA) is 77.7 Å². The lowest BCUT2D eigenvalue weighted by Gasteiger charge is -2.33. The molecule has 0 unspecified atom stereocenters. The van der Waals surface area contributed by atoms with E-state index in [4.69, 9.17) is 15.2 Å². The molecule has 1 fully saturated rings. The van der Waals surface area contributed by atoms with Gasteiger partial charge in [0, 0.05) is 32.0 Å². The number of hydrogen-bond donors (Lipinski definition) is 1. The molecule has 6 heteroatoms. The first-order chi connectivity index (χ1) is 12.7. The van der Waals surface area contributed by atoms with Crippen LogP contribution in [0.15, 0.2) is 42.6 Å². The number of amides is 1. The molecule has 0 radical (unpaired) electrons. The number of rotatable bonds is 6. The monoisotopic (exact) mass is 355 g/mol. The van der Waals surface area contributed by atoms with E-state index in [0.29, 0.717) is 37.7 Å². The summed E-state index contributed by atoms with van der Waals surface area (Å²) in [5.41, 5.74) is 8.61. The Morgan fingerprint density at radius 1 is 1.31 bits per heavy atom. The molecule has 2 heterocycles. The van der Waals surface area contributed by atoms with Gasteiger partial charge in [0.25, 0.3) is 5.91 Å². The van der Waals surface area contributed by atoms with Crippen molar-refractivity contribution in [1.29, 1.82) is 0 Å². The third-order valence-corrected chi connectivity index (χ3v) is 4.54. The van der Waals surface area contributed by atoms with Crippen molar-refractivity contribution in [2.45, 2.75) is 25.6 Å². The number of carbonyl (C=O) groups is 1. The molecule has 0 spiro atoms. The highest BCUT2D eigenvalue weighted by Gasteiger charge is 2.24. The van der Waals surface area contributed by atoms with Crippen molar-refractivity contribution in [2.24, 2.45) is 0 Å². The summed E-state index contributed by atoms with van der Waals surface area (Å²) >= 11 is 0. The Morgan fingerprint density at radius 2 is 2.12 bits per heavy atom. The minimum atomic E-state index is 0.0369. The largest absolute Gasteiger partial charge is 0.384 e. The zero-order chi connectivity index (χ0) is 18.4. The maximum atomic E-state index is 12.7. The summed E-state index contributed by atoms with van der Waals surface area (Å²) in [6.07, 6.45) is 3.45. The Kier molecular flexibility index (Phi) is 6.20. The predicted octanol–water partition coefficient (Wildman–Crippen LogP) is 2.28. The molecule has 0 saturated carbocycles. The van der Waals surface area contributed by atoms with Crippen molar-refractivity contribution < 1.29 is 14.3 Å². The van der Waals surface area contributed by atoms with Crippen LogP contribution in [0, 0.1) is 0 Å². The van der Waals surface area contributed by atoms with Crippen molar-refractivity contribution in [2.75, 3.05) is 32.5 Å². The third-order valence-electron chi connectivity index (χ3n) is 4.54. The minimum absolute atomic E-state index is 0.0369. The van der Waals surface area contributed by atoms with E-state index in [1.165, 1.54) is 0 Å². The van der Waals surface area contributed by atoms with Crippen molar-refractivity contribution in [1.82, 2.24) is 9.88 Å². The number of anilines is 1. The van der Waals surface area contributed by atoms with Gasteiger partial charge in [0.15, 0.2) is 0 Å². The molecule has 138 valence electrons. The minimum Gasteiger partial charge on any atom is -0.384 e. The number of methoxy groups -OCH3 is 1. The van der Waals surface area contributed by atoms with E-state index in [9.17, 15) is 4.79 Å². The average molecular weight is 355 g/mol. The molecule has 26 heavy (non-hydrogen) atoms. The first-order valence-corrected chi connectivity index (χ1v) is 8.85. The number of aryl methyl sites for hydroxylation is 1. The summed E-state index contributed by atoms with van der Waals surface area (Å²) in [4.78, 5) is 18.6. The average Bonchev–Trinajstić information content (AvgIpc) is 2.67. The summed E-state index contributed by atoms with van der Waals surface area (Å²) < 4.78 is 10.9. The maximum Gasteiger partial charge on any atom is 0.254 e. The molecule has 1 saturated heterocycles. The highest BCUT2D eigenvalue weighted by atomic mass is 16.5. The zero-order valence-electron chi connectivity index (χ0n) is 15.1. The van der Waals surface area contributed by atoms with Gasteiger partial charge in [-0.1, -0.05) is 12.1 Å². The second-order valence-electron chi connectivity index (χ2n) is 6.50. The summed E-state index contributed by atoms with van der Waals surface area (Å²) in [5.74, 6) is 0.580. The van der Waals surface area contributed by atoms with Crippen LogP contribution >= 0.6 is 0 Å². The van der Waals surface area contributed by atoms with E-state index in [1.807, 2.05) is 41.3 Å². The van der Waals surface area contributed by atoms with E-state index in [0.717, 1.165) is 24.0 Å². The van der Waals surface area contributed by atoms with Crippen LogP contribution in [0.25, 0.3) is 0 Å². The molecule has 0 aliphatic carbocycles. The lowest BCUT2D eigenvalue weighted by molar-refractivity contribution is -0.0246. The summed E-state index contributed by atoms with van der Waals surface area (Å²) in [6, 6.07) is 11.4. The molecule has 3 rings (SSSR count). The molecule has 0 bridgehead atoms. The molecule has 1 amide bonds. The second-order valence-corrected chi connectivity index (χ2v) is 6.50. The van der Waals surface area contributed by atoms with E-state index < -0.39 is 0 Å². The number of nitrogens with two attached hydrogens (primary N) is 1. The molecule has 1 atom stereocenters. The number of morpholine rings is 1. The number of aromatic nitrogens is 1. The summed E-state index contributed by atoms with van der Waals surface area (Å²) in [6.45, 7) is 2.35. The van der Waals surface area contributed by atoms with Gasteiger partial charge >= 0.3 is 0 Å². The van der Waals surface area contributed by atoms with Gasteiger partial charge in [0.1, 0.15) is 5.82 Å². The molecular weight excluding hydrogens is 330 g/mol. The van der Waals surface area contributed by atoms with Gasteiger partial charge < -0.3 is 20.1 Å². The molecule has 2 aromatic rings. The van der Waals surface area contributed by atoms with Crippen molar-refractivity contribution in [3.8, 4) is 0 Å². The van der Waals surface area contributed by atoms with Gasteiger partial charge in [-0.05, 0) is 48.2 Å². The van der Waals surface area contributed by atoms with Gasteiger partial charge in [-0.3, -0.25) is 4.79 Å². The fourth-order valence-electron chi connectivity index (χ4n) is 3.15. The fraction of sp³-hybridized carbons (Fsp3) is 0.400. The van der Waals surface area contributed by atoms with Gasteiger partial charge in [-0.25, -0.2) is 4.98 Å². The third kappa shape index (κ3) is 4.80. The number of nitrogens with zero attached hydrogens (tertiary/aromatic N) is 2. The van der Waals surface area contributed by atoms with Crippen LogP contribution in [0.1, 0.15) is 27.9 Å². The number of nitrogen functional groups attached to an aromatic ring is 1. The Bertz CT molecular complexity index is 733.